The van der Waals surface area contributed by atoms with Gasteiger partial charge in [-0.05, 0) is 29.3 Å². The highest BCUT2D eigenvalue weighted by atomic mass is 35.5. The van der Waals surface area contributed by atoms with Crippen LogP contribution in [-0.4, -0.2) is 18.4 Å². The van der Waals surface area contributed by atoms with Crippen LogP contribution >= 0.6 is 11.6 Å². The van der Waals surface area contributed by atoms with E-state index in [0.29, 0.717) is 11.1 Å². The zero-order valence-electron chi connectivity index (χ0n) is 14.1. The van der Waals surface area contributed by atoms with Crippen molar-refractivity contribution in [2.45, 2.75) is 25.6 Å². The molecule has 0 fully saturated rings. The van der Waals surface area contributed by atoms with E-state index < -0.39 is 22.5 Å². The Bertz CT molecular complexity index is 837. The van der Waals surface area contributed by atoms with Crippen LogP contribution in [-0.2, 0) is 5.41 Å². The summed E-state index contributed by atoms with van der Waals surface area (Å²) < 4.78 is 46.7. The van der Waals surface area contributed by atoms with Crippen LogP contribution in [0, 0.1) is 10.1 Å². The van der Waals surface area contributed by atoms with Crippen molar-refractivity contribution < 1.29 is 27.6 Å². The van der Waals surface area contributed by atoms with E-state index in [1.54, 1.807) is 13.8 Å². The van der Waals surface area contributed by atoms with Crippen molar-refractivity contribution in [3.8, 4) is 11.5 Å². The van der Waals surface area contributed by atoms with Gasteiger partial charge < -0.3 is 9.47 Å². The summed E-state index contributed by atoms with van der Waals surface area (Å²) in [7, 11) is 1.31. The molecule has 140 valence electrons. The highest BCUT2D eigenvalue weighted by Gasteiger charge is 2.33. The molecule has 2 aromatic carbocycles. The SMILES string of the molecule is COc1cc(OC(F)(F)F)cc(C(C)(C)c2cc(Cl)cc([N+](=O)[O-])c2)c1. The van der Waals surface area contributed by atoms with Crippen molar-refractivity contribution in [2.24, 2.45) is 0 Å². The normalized spacial score (nSPS) is 12.0. The summed E-state index contributed by atoms with van der Waals surface area (Å²) >= 11 is 5.96. The smallest absolute Gasteiger partial charge is 0.497 e. The third kappa shape index (κ3) is 4.57. The fraction of sp³-hybridized carbons (Fsp3) is 0.294. The molecule has 9 heteroatoms. The van der Waals surface area contributed by atoms with E-state index in [9.17, 15) is 23.3 Å². The lowest BCUT2D eigenvalue weighted by Gasteiger charge is -2.27. The van der Waals surface area contributed by atoms with Crippen LogP contribution < -0.4 is 9.47 Å². The zero-order chi connectivity index (χ0) is 19.7. The third-order valence-corrected chi connectivity index (χ3v) is 4.10. The van der Waals surface area contributed by atoms with E-state index in [-0.39, 0.29) is 16.5 Å². The molecule has 2 rings (SSSR count). The van der Waals surface area contributed by atoms with Crippen molar-refractivity contribution in [2.75, 3.05) is 7.11 Å². The van der Waals surface area contributed by atoms with Gasteiger partial charge in [-0.25, -0.2) is 0 Å². The molecule has 0 saturated heterocycles. The molecule has 0 N–H and O–H groups in total. The largest absolute Gasteiger partial charge is 0.573 e. The average Bonchev–Trinajstić information content (AvgIpc) is 2.52. The van der Waals surface area contributed by atoms with Gasteiger partial charge in [-0.1, -0.05) is 25.4 Å². The first-order valence-corrected chi connectivity index (χ1v) is 7.71. The van der Waals surface area contributed by atoms with Crippen molar-refractivity contribution in [3.63, 3.8) is 0 Å². The maximum absolute atomic E-state index is 12.6. The van der Waals surface area contributed by atoms with Gasteiger partial charge in [-0.2, -0.15) is 0 Å². The monoisotopic (exact) mass is 389 g/mol. The second kappa shape index (κ2) is 7.03. The van der Waals surface area contributed by atoms with Gasteiger partial charge >= 0.3 is 6.36 Å². The molecule has 0 atom stereocenters. The van der Waals surface area contributed by atoms with Gasteiger partial charge in [-0.3, -0.25) is 10.1 Å². The Morgan fingerprint density at radius 2 is 1.58 bits per heavy atom. The standard InChI is InChI=1S/C17H15ClF3NO4/c1-16(2,10-4-12(18)8-13(5-10)22(23)24)11-6-14(25-3)9-15(7-11)26-17(19,20)21/h4-9H,1-3H3. The number of methoxy groups -OCH3 is 1. The molecular weight excluding hydrogens is 375 g/mol. The van der Waals surface area contributed by atoms with Gasteiger partial charge in [0.05, 0.1) is 12.0 Å². The molecular formula is C17H15ClF3NO4. The fourth-order valence-electron chi connectivity index (χ4n) is 2.45. The molecule has 0 unspecified atom stereocenters. The Hall–Kier alpha value is -2.48. The van der Waals surface area contributed by atoms with Gasteiger partial charge in [-0.15, -0.1) is 13.2 Å². The molecule has 0 saturated carbocycles. The number of benzene rings is 2. The Labute approximate surface area is 152 Å². The fourth-order valence-corrected chi connectivity index (χ4v) is 2.68. The third-order valence-electron chi connectivity index (χ3n) is 3.89. The average molecular weight is 390 g/mol. The lowest BCUT2D eigenvalue weighted by Crippen LogP contribution is -2.21. The lowest BCUT2D eigenvalue weighted by atomic mass is 9.78. The van der Waals surface area contributed by atoms with Gasteiger partial charge in [0.1, 0.15) is 11.5 Å². The van der Waals surface area contributed by atoms with Crippen LogP contribution in [0.4, 0.5) is 18.9 Å². The number of hydrogen-bond donors (Lipinski definition) is 0. The molecule has 0 aliphatic rings. The number of ether oxygens (including phenoxy) is 2. The number of hydrogen-bond acceptors (Lipinski definition) is 4. The molecule has 5 nitrogen and oxygen atoms in total. The summed E-state index contributed by atoms with van der Waals surface area (Å²) in [6, 6.07) is 7.91. The van der Waals surface area contributed by atoms with Crippen molar-refractivity contribution in [3.05, 3.63) is 62.7 Å². The molecule has 0 bridgehead atoms. The van der Waals surface area contributed by atoms with E-state index in [2.05, 4.69) is 4.74 Å². The van der Waals surface area contributed by atoms with Crippen molar-refractivity contribution in [1.29, 1.82) is 0 Å². The van der Waals surface area contributed by atoms with Crippen molar-refractivity contribution in [1.82, 2.24) is 0 Å². The zero-order valence-corrected chi connectivity index (χ0v) is 14.8. The first-order chi connectivity index (χ1) is 11.9. The van der Waals surface area contributed by atoms with E-state index in [1.165, 1.54) is 37.4 Å². The first-order valence-electron chi connectivity index (χ1n) is 7.33. The molecule has 0 amide bonds. The van der Waals surface area contributed by atoms with Crippen LogP contribution in [0.25, 0.3) is 0 Å². The molecule has 0 heterocycles. The highest BCUT2D eigenvalue weighted by Crippen LogP contribution is 2.39. The molecule has 26 heavy (non-hydrogen) atoms. The molecule has 0 spiro atoms. The summed E-state index contributed by atoms with van der Waals surface area (Å²) in [4.78, 5) is 10.5. The number of nitrogens with zero attached hydrogens (tertiary/aromatic N) is 1. The quantitative estimate of drug-likeness (QED) is 0.501. The minimum Gasteiger partial charge on any atom is -0.497 e. The van der Waals surface area contributed by atoms with Crippen LogP contribution in [0.2, 0.25) is 5.02 Å². The molecule has 0 aliphatic carbocycles. The first kappa shape index (κ1) is 19.8. The maximum atomic E-state index is 12.6. The lowest BCUT2D eigenvalue weighted by molar-refractivity contribution is -0.384. The molecule has 2 aromatic rings. The number of alkyl halides is 3. The molecule has 0 aromatic heterocycles. The summed E-state index contributed by atoms with van der Waals surface area (Å²) in [6.07, 6.45) is -4.86. The maximum Gasteiger partial charge on any atom is 0.573 e. The summed E-state index contributed by atoms with van der Waals surface area (Å²) in [5, 5.41) is 11.2. The summed E-state index contributed by atoms with van der Waals surface area (Å²) in [5.74, 6) is -0.289. The van der Waals surface area contributed by atoms with Gasteiger partial charge in [0.25, 0.3) is 5.69 Å². The highest BCUT2D eigenvalue weighted by molar-refractivity contribution is 6.30. The van der Waals surface area contributed by atoms with Crippen LogP contribution in [0.15, 0.2) is 36.4 Å². The van der Waals surface area contributed by atoms with Gasteiger partial charge in [0.15, 0.2) is 0 Å². The second-order valence-corrected chi connectivity index (χ2v) is 6.46. The minimum absolute atomic E-state index is 0.150. The predicted molar refractivity (Wildman–Crippen MR) is 89.9 cm³/mol. The summed E-state index contributed by atoms with van der Waals surface area (Å²) in [5.41, 5.74) is -0.251. The number of non-ortho nitro benzene ring substituents is 1. The number of nitro benzene ring substituents is 1. The van der Waals surface area contributed by atoms with Crippen LogP contribution in [0.3, 0.4) is 0 Å². The molecule has 0 radical (unpaired) electrons. The number of rotatable bonds is 5. The van der Waals surface area contributed by atoms with E-state index in [4.69, 9.17) is 16.3 Å². The van der Waals surface area contributed by atoms with E-state index >= 15 is 0 Å². The van der Waals surface area contributed by atoms with Gasteiger partial charge in [0, 0.05) is 28.6 Å². The van der Waals surface area contributed by atoms with E-state index in [0.717, 1.165) is 6.07 Å². The Kier molecular flexibility index (Phi) is 5.36. The second-order valence-electron chi connectivity index (χ2n) is 6.03. The predicted octanol–water partition coefficient (Wildman–Crippen LogP) is 5.48. The number of halogens is 4. The van der Waals surface area contributed by atoms with Gasteiger partial charge in [0.2, 0.25) is 0 Å². The Morgan fingerprint density at radius 1 is 1.00 bits per heavy atom. The topological polar surface area (TPSA) is 61.6 Å². The van der Waals surface area contributed by atoms with Crippen LogP contribution in [0.5, 0.6) is 11.5 Å². The van der Waals surface area contributed by atoms with E-state index in [1.807, 2.05) is 0 Å². The summed E-state index contributed by atoms with van der Waals surface area (Å²) in [6.45, 7) is 3.41. The van der Waals surface area contributed by atoms with Crippen molar-refractivity contribution >= 4 is 17.3 Å². The Morgan fingerprint density at radius 3 is 2.12 bits per heavy atom. The number of nitro groups is 1. The van der Waals surface area contributed by atoms with Crippen LogP contribution in [0.1, 0.15) is 25.0 Å². The molecule has 0 aliphatic heterocycles. The minimum atomic E-state index is -4.86. The Balaban J connectivity index is 2.58.